The number of nitrogens with zero attached hydrogens (tertiary/aromatic N) is 3. The van der Waals surface area contributed by atoms with Crippen LogP contribution in [0.5, 0.6) is 11.5 Å². The summed E-state index contributed by atoms with van der Waals surface area (Å²) in [6.45, 7) is 18.6. The molecule has 4 aliphatic heterocycles. The Bertz CT molecular complexity index is 2820. The van der Waals surface area contributed by atoms with Crippen LogP contribution >= 0.6 is 15.2 Å². The Hall–Kier alpha value is -5.46. The molecule has 25 nitrogen and oxygen atoms in total. The Balaban J connectivity index is 1.52. The van der Waals surface area contributed by atoms with Crippen LogP contribution < -0.4 is 10.1 Å². The second-order valence-electron chi connectivity index (χ2n) is 22.0. The van der Waals surface area contributed by atoms with Gasteiger partial charge in [0.1, 0.15) is 35.1 Å². The summed E-state index contributed by atoms with van der Waals surface area (Å²) in [5, 5.41) is 48.3. The summed E-state index contributed by atoms with van der Waals surface area (Å²) in [5.41, 5.74) is -2.89. The molecule has 2 unspecified atom stereocenters. The molecule has 1 aromatic rings. The van der Waals surface area contributed by atoms with E-state index in [4.69, 9.17) is 33.4 Å². The van der Waals surface area contributed by atoms with Gasteiger partial charge in [0.25, 0.3) is 11.7 Å². The molecular weight excluding hydrogens is 1090 g/mol. The van der Waals surface area contributed by atoms with Gasteiger partial charge in [-0.2, -0.15) is 0 Å². The number of aliphatic hydroxyl groups excluding tert-OH is 3. The summed E-state index contributed by atoms with van der Waals surface area (Å²) in [7, 11) is -9.43. The first kappa shape index (κ1) is 63.7. The maximum Gasteiger partial charge on any atom is 0.415 e. The number of hydrogen-bond donors (Lipinski definition) is 9. The van der Waals surface area contributed by atoms with E-state index in [0.29, 0.717) is 19.6 Å². The number of fused-ring (bicyclic) bond motifs is 3. The average Bonchev–Trinajstić information content (AvgIpc) is 3.34. The van der Waals surface area contributed by atoms with Gasteiger partial charge in [-0.3, -0.25) is 38.2 Å². The van der Waals surface area contributed by atoms with Crippen LogP contribution in [0.3, 0.4) is 0 Å². The lowest BCUT2D eigenvalue weighted by atomic mass is 9.78. The summed E-state index contributed by atoms with van der Waals surface area (Å²) < 4.78 is 58.9. The number of rotatable bonds is 11. The van der Waals surface area contributed by atoms with Crippen LogP contribution in [0.1, 0.15) is 122 Å². The summed E-state index contributed by atoms with van der Waals surface area (Å²) >= 11 is 0. The molecule has 6 rings (SSSR count). The molecule has 1 aromatic carbocycles. The van der Waals surface area contributed by atoms with Crippen molar-refractivity contribution in [3.05, 3.63) is 64.1 Å². The number of allylic oxidation sites excluding steroid dienone is 2. The van der Waals surface area contributed by atoms with E-state index in [1.165, 1.54) is 53.0 Å². The average molecular weight is 1170 g/mol. The van der Waals surface area contributed by atoms with E-state index in [1.807, 2.05) is 13.8 Å². The molecule has 1 fully saturated rings. The molecule has 0 radical (unpaired) electrons. The van der Waals surface area contributed by atoms with Crippen LogP contribution in [-0.4, -0.2) is 166 Å². The number of hydrogen-bond acceptors (Lipinski definition) is 19. The molecule has 5 aliphatic rings. The van der Waals surface area contributed by atoms with Crippen molar-refractivity contribution in [2.45, 2.75) is 155 Å². The number of ketones is 1. The highest BCUT2D eigenvalue weighted by Gasteiger charge is 2.60. The maximum atomic E-state index is 15.2. The summed E-state index contributed by atoms with van der Waals surface area (Å²) in [6, 6.07) is -1.65. The SMILES string of the molecule is CO[C@H]1/C=C/O[C@@]2(C)Oc3c(C)c(O)c4c(c3C2=O)C2=NC3(CCN(CC(C)C)CC3)N(C(=O)OC(C)OC(=O)CCC(P(=O)(O)O)P(=O)(O)O)C2C(=C4O)NC(=O)/C(C)=C\C=C\[C@H](C)[C@H](O)[C@@H](C)[C@@H](O)[C@@H](C)[C@H](OC(C)=O)[C@@H]1C. The Kier molecular flexibility index (Phi) is 19.6. The lowest BCUT2D eigenvalue weighted by Crippen LogP contribution is -2.59. The predicted octanol–water partition coefficient (Wildman–Crippen LogP) is 5.02. The smallest absolute Gasteiger partial charge is 0.415 e. The molecule has 0 saturated carbocycles. The van der Waals surface area contributed by atoms with Crippen molar-refractivity contribution < 1.29 is 102 Å². The predicted molar refractivity (Wildman–Crippen MR) is 287 cm³/mol. The lowest BCUT2D eigenvalue weighted by Gasteiger charge is -2.45. The Morgan fingerprint density at radius 1 is 0.900 bits per heavy atom. The third-order valence-corrected chi connectivity index (χ3v) is 19.4. The molecule has 5 bridgehead atoms. The Morgan fingerprint density at radius 2 is 1.52 bits per heavy atom. The number of phenols is 1. The number of methoxy groups -OCH3 is 1. The normalized spacial score (nSPS) is 30.4. The fourth-order valence-electron chi connectivity index (χ4n) is 11.2. The topological polar surface area (TPSA) is 368 Å². The molecule has 27 heteroatoms. The highest BCUT2D eigenvalue weighted by molar-refractivity contribution is 7.70. The fraction of sp³-hybridized carbons (Fsp3) is 0.623. The summed E-state index contributed by atoms with van der Waals surface area (Å²) in [6.07, 6.45) is -1.94. The summed E-state index contributed by atoms with van der Waals surface area (Å²) in [4.78, 5) is 117. The van der Waals surface area contributed by atoms with E-state index in [2.05, 4.69) is 10.2 Å². The second kappa shape index (κ2) is 24.6. The number of aliphatic hydroxyl groups is 3. The van der Waals surface area contributed by atoms with Gasteiger partial charge in [-0.05, 0) is 32.3 Å². The van der Waals surface area contributed by atoms with Gasteiger partial charge in [0, 0.05) is 107 Å². The number of benzene rings is 1. The minimum Gasteiger partial charge on any atom is -0.507 e. The van der Waals surface area contributed by atoms with Gasteiger partial charge in [0.2, 0.25) is 6.29 Å². The molecule has 4 heterocycles. The number of carbonyl (C=O) groups is 5. The first-order valence-corrected chi connectivity index (χ1v) is 29.7. The van der Waals surface area contributed by atoms with Crippen LogP contribution in [0.15, 0.2) is 46.8 Å². The van der Waals surface area contributed by atoms with Gasteiger partial charge >= 0.3 is 39.0 Å². The standard InChI is InChI=1S/C53H76N4O21P2/c1-25(2)24-56-21-19-53(20-22-56)55-40-37-38-45(62)31(8)48-39(37)49(64)52(11,78-48)74-23-18-34(73-12)28(5)47(75-32(9)58)30(7)44(61)29(6)43(60)26(3)14-13-15-27(4)50(65)54-41(46(38)63)42(40)57(53)51(66)77-33(10)76-35(59)16-17-36(79(67,68)69)80(70,71)72/h13-15,18,23,25-26,28-30,33-34,36,42-44,47,60-63H,16-17,19-22,24H2,1-12H3,(H,54,65)(H2,67,68,69)(H2,70,71,72)/b14-13+,23-18+,27-15-/t26-,28+,29+,30+,33?,34-,42?,43-,44+,47+,52-/m0/s1. The molecule has 2 amide bonds. The molecule has 1 saturated heterocycles. The number of esters is 2. The Labute approximate surface area is 464 Å². The minimum atomic E-state index is -5.41. The van der Waals surface area contributed by atoms with Gasteiger partial charge in [-0.1, -0.05) is 59.8 Å². The van der Waals surface area contributed by atoms with Crippen molar-refractivity contribution in [1.29, 1.82) is 0 Å². The number of Topliss-reactive ketones (excluding diaryl/α,β-unsaturated/α-hetero) is 1. The van der Waals surface area contributed by atoms with Crippen molar-refractivity contribution in [3.8, 4) is 11.5 Å². The molecular formula is C53H76N4O21P2. The number of phenolic OH excluding ortho intramolecular Hbond substituents is 1. The van der Waals surface area contributed by atoms with E-state index in [-0.39, 0.29) is 58.0 Å². The number of amides is 2. The number of piperidine rings is 1. The van der Waals surface area contributed by atoms with Crippen molar-refractivity contribution >= 4 is 56.4 Å². The first-order valence-electron chi connectivity index (χ1n) is 26.4. The van der Waals surface area contributed by atoms with Gasteiger partial charge < -0.3 is 78.6 Å². The van der Waals surface area contributed by atoms with E-state index >= 15 is 9.59 Å². The Morgan fingerprint density at radius 3 is 2.10 bits per heavy atom. The molecule has 1 aliphatic carbocycles. The van der Waals surface area contributed by atoms with Gasteiger partial charge in [0.15, 0.2) is 5.40 Å². The highest BCUT2D eigenvalue weighted by Crippen LogP contribution is 2.61. The van der Waals surface area contributed by atoms with Crippen molar-refractivity contribution in [2.24, 2.45) is 34.6 Å². The zero-order chi connectivity index (χ0) is 59.9. The largest absolute Gasteiger partial charge is 0.507 e. The maximum absolute atomic E-state index is 15.2. The van der Waals surface area contributed by atoms with E-state index < -0.39 is 152 Å². The van der Waals surface area contributed by atoms with Crippen LogP contribution in [-0.2, 0) is 47.2 Å². The number of nitrogens with one attached hydrogen (secondary N) is 1. The van der Waals surface area contributed by atoms with Gasteiger partial charge in [-0.15, -0.1) is 0 Å². The number of ether oxygens (including phenoxy) is 6. The quantitative estimate of drug-likeness (QED) is 0.0798. The second-order valence-corrected chi connectivity index (χ2v) is 26.0. The molecule has 0 aromatic heterocycles. The third kappa shape index (κ3) is 13.1. The molecule has 444 valence electrons. The van der Waals surface area contributed by atoms with Gasteiger partial charge in [0.05, 0.1) is 47.1 Å². The third-order valence-electron chi connectivity index (χ3n) is 15.5. The molecule has 11 atom stereocenters. The minimum absolute atomic E-state index is 0.0256. The highest BCUT2D eigenvalue weighted by atomic mass is 31.2. The van der Waals surface area contributed by atoms with Gasteiger partial charge in [-0.25, -0.2) is 4.79 Å². The number of carbonyl (C=O) groups excluding carboxylic acids is 5. The zero-order valence-electron chi connectivity index (χ0n) is 46.9. The monoisotopic (exact) mass is 1170 g/mol. The van der Waals surface area contributed by atoms with Crippen LogP contribution in [0.2, 0.25) is 0 Å². The number of aliphatic imine (C=N–C) groups is 1. The van der Waals surface area contributed by atoms with E-state index in [9.17, 15) is 63.5 Å². The molecule has 80 heavy (non-hydrogen) atoms. The summed E-state index contributed by atoms with van der Waals surface area (Å²) in [5.74, 6) is -9.99. The van der Waals surface area contributed by atoms with Crippen LogP contribution in [0.25, 0.3) is 5.76 Å². The number of likely N-dealkylation sites (tertiary alicyclic amines) is 1. The zero-order valence-corrected chi connectivity index (χ0v) is 48.7. The number of aromatic hydroxyl groups is 1. The first-order chi connectivity index (χ1) is 37.1. The van der Waals surface area contributed by atoms with E-state index in [0.717, 1.165) is 18.1 Å². The molecule has 1 spiro atoms. The van der Waals surface area contributed by atoms with Crippen molar-refractivity contribution in [1.82, 2.24) is 15.1 Å². The van der Waals surface area contributed by atoms with Crippen molar-refractivity contribution in [2.75, 3.05) is 26.7 Å². The van der Waals surface area contributed by atoms with Crippen LogP contribution in [0.4, 0.5) is 4.79 Å². The fourth-order valence-corrected chi connectivity index (χ4v) is 13.7. The van der Waals surface area contributed by atoms with Crippen LogP contribution in [0, 0.1) is 36.5 Å². The van der Waals surface area contributed by atoms with Crippen molar-refractivity contribution in [3.63, 3.8) is 0 Å². The lowest BCUT2D eigenvalue weighted by molar-refractivity contribution is -0.167. The van der Waals surface area contributed by atoms with E-state index in [1.54, 1.807) is 33.8 Å². The molecule has 9 N–H and O–H groups in total.